The lowest BCUT2D eigenvalue weighted by atomic mass is 10.3. The van der Waals surface area contributed by atoms with Crippen molar-refractivity contribution in [1.82, 2.24) is 9.38 Å². The van der Waals surface area contributed by atoms with Crippen LogP contribution >= 0.6 is 23.1 Å². The van der Waals surface area contributed by atoms with Crippen molar-refractivity contribution in [2.75, 3.05) is 12.4 Å². The average molecular weight is 320 g/mol. The minimum Gasteiger partial charge on any atom is -0.462 e. The monoisotopic (exact) mass is 320 g/mol. The van der Waals surface area contributed by atoms with E-state index in [4.69, 9.17) is 4.74 Å². The van der Waals surface area contributed by atoms with Gasteiger partial charge in [0.25, 0.3) is 0 Å². The number of carbonyl (C=O) groups is 1. The molecule has 0 amide bonds. The average Bonchev–Trinajstić information content (AvgIpc) is 2.99. The summed E-state index contributed by atoms with van der Waals surface area (Å²) >= 11 is 3.21. The smallest absolute Gasteiger partial charge is 0.350 e. The summed E-state index contributed by atoms with van der Waals surface area (Å²) < 4.78 is 8.36. The second kappa shape index (κ2) is 5.69. The number of hydrogen-bond acceptors (Lipinski definition) is 5. The van der Waals surface area contributed by atoms with Crippen LogP contribution in [-0.4, -0.2) is 27.7 Å². The van der Waals surface area contributed by atoms with E-state index >= 15 is 0 Å². The summed E-state index contributed by atoms with van der Waals surface area (Å²) in [6.07, 6.45) is 2.00. The molecule has 6 heteroatoms. The molecule has 3 aromatic rings. The van der Waals surface area contributed by atoms with E-state index < -0.39 is 0 Å². The van der Waals surface area contributed by atoms with Crippen molar-refractivity contribution in [3.63, 3.8) is 0 Å². The molecule has 3 rings (SSSR count). The highest BCUT2D eigenvalue weighted by molar-refractivity contribution is 8.01. The van der Waals surface area contributed by atoms with Gasteiger partial charge in [0.2, 0.25) is 0 Å². The summed E-state index contributed by atoms with van der Waals surface area (Å²) in [5.41, 5.74) is 3.78. The third-order valence-corrected chi connectivity index (χ3v) is 5.48. The normalized spacial score (nSPS) is 11.4. The Labute approximate surface area is 131 Å². The van der Waals surface area contributed by atoms with Crippen molar-refractivity contribution in [2.45, 2.75) is 25.0 Å². The fourth-order valence-electron chi connectivity index (χ4n) is 2.31. The molecule has 0 saturated carbocycles. The van der Waals surface area contributed by atoms with Gasteiger partial charge in [-0.1, -0.05) is 13.0 Å². The Morgan fingerprint density at radius 2 is 2.29 bits per heavy atom. The number of thiophene rings is 1. The third kappa shape index (κ3) is 2.32. The largest absolute Gasteiger partial charge is 0.462 e. The van der Waals surface area contributed by atoms with Crippen LogP contribution in [0.5, 0.6) is 0 Å². The first-order chi connectivity index (χ1) is 10.2. The highest BCUT2D eigenvalue weighted by Crippen LogP contribution is 2.39. The molecule has 4 nitrogen and oxygen atoms in total. The predicted molar refractivity (Wildman–Crippen MR) is 87.7 cm³/mol. The van der Waals surface area contributed by atoms with E-state index in [9.17, 15) is 4.79 Å². The first-order valence-electron chi connectivity index (χ1n) is 6.87. The Bertz CT molecular complexity index is 820. The number of nitrogens with zero attached hydrogens (tertiary/aromatic N) is 2. The Kier molecular flexibility index (Phi) is 3.91. The number of hydrogen-bond donors (Lipinski definition) is 0. The summed E-state index contributed by atoms with van der Waals surface area (Å²) in [5.74, 6) is 0.674. The number of fused-ring (bicyclic) bond motifs is 3. The zero-order valence-corrected chi connectivity index (χ0v) is 13.8. The Balaban J connectivity index is 2.32. The van der Waals surface area contributed by atoms with E-state index in [-0.39, 0.29) is 5.97 Å². The van der Waals surface area contributed by atoms with E-state index in [1.807, 2.05) is 32.2 Å². The number of esters is 1. The van der Waals surface area contributed by atoms with Crippen LogP contribution in [0.25, 0.3) is 16.7 Å². The summed E-state index contributed by atoms with van der Waals surface area (Å²) in [4.78, 5) is 17.5. The summed E-state index contributed by atoms with van der Waals surface area (Å²) in [6, 6.07) is 4.03. The van der Waals surface area contributed by atoms with Crippen LogP contribution in [0.2, 0.25) is 0 Å². The van der Waals surface area contributed by atoms with Gasteiger partial charge in [-0.25, -0.2) is 9.78 Å². The van der Waals surface area contributed by atoms with Gasteiger partial charge in [-0.15, -0.1) is 23.1 Å². The van der Waals surface area contributed by atoms with Crippen LogP contribution < -0.4 is 0 Å². The van der Waals surface area contributed by atoms with Gasteiger partial charge in [0.05, 0.1) is 16.3 Å². The molecule has 0 bridgehead atoms. The van der Waals surface area contributed by atoms with Gasteiger partial charge in [-0.05, 0) is 31.2 Å². The van der Waals surface area contributed by atoms with Crippen LogP contribution in [-0.2, 0) is 4.74 Å². The van der Waals surface area contributed by atoms with Crippen LogP contribution in [0.3, 0.4) is 0 Å². The van der Waals surface area contributed by atoms with Gasteiger partial charge >= 0.3 is 5.97 Å². The van der Waals surface area contributed by atoms with Crippen LogP contribution in [0.1, 0.15) is 29.1 Å². The number of pyridine rings is 1. The van der Waals surface area contributed by atoms with Gasteiger partial charge in [0, 0.05) is 6.20 Å². The van der Waals surface area contributed by atoms with Gasteiger partial charge in [0.15, 0.2) is 0 Å². The molecule has 0 unspecified atom stereocenters. The van der Waals surface area contributed by atoms with Crippen molar-refractivity contribution in [2.24, 2.45) is 0 Å². The molecule has 0 radical (unpaired) electrons. The summed E-state index contributed by atoms with van der Waals surface area (Å²) in [5, 5.41) is 0. The second-order valence-electron chi connectivity index (χ2n) is 4.57. The van der Waals surface area contributed by atoms with Crippen LogP contribution in [0.4, 0.5) is 0 Å². The maximum atomic E-state index is 12.2. The molecule has 0 aliphatic rings. The fourth-order valence-corrected chi connectivity index (χ4v) is 4.60. The standard InChI is InChI=1S/C15H16N2O2S2/c1-4-19-14(18)12-10-11(15(21-12)20-5-2)17-8-6-7-9(3)13(17)16-10/h6-8H,4-5H2,1-3H3. The summed E-state index contributed by atoms with van der Waals surface area (Å²) in [6.45, 7) is 6.33. The molecule has 0 aromatic carbocycles. The number of carbonyl (C=O) groups excluding carboxylic acids is 1. The zero-order valence-electron chi connectivity index (χ0n) is 12.2. The number of ether oxygens (including phenoxy) is 1. The Morgan fingerprint density at radius 3 is 3.00 bits per heavy atom. The van der Waals surface area contributed by atoms with E-state index in [0.29, 0.717) is 11.5 Å². The number of rotatable bonds is 4. The van der Waals surface area contributed by atoms with Gasteiger partial charge in [0.1, 0.15) is 16.0 Å². The van der Waals surface area contributed by atoms with Crippen molar-refractivity contribution in [1.29, 1.82) is 0 Å². The molecular weight excluding hydrogens is 304 g/mol. The molecule has 0 N–H and O–H groups in total. The maximum absolute atomic E-state index is 12.2. The SMILES string of the molecule is CCOC(=O)c1sc(SCC)c2c1nc1c(C)cccn12. The van der Waals surface area contributed by atoms with Crippen LogP contribution in [0, 0.1) is 6.92 Å². The summed E-state index contributed by atoms with van der Waals surface area (Å²) in [7, 11) is 0. The highest BCUT2D eigenvalue weighted by Gasteiger charge is 2.23. The number of imidazole rings is 1. The fraction of sp³-hybridized carbons (Fsp3) is 0.333. The molecule has 0 fully saturated rings. The Morgan fingerprint density at radius 1 is 1.48 bits per heavy atom. The number of aromatic nitrogens is 2. The van der Waals surface area contributed by atoms with Crippen molar-refractivity contribution >= 4 is 45.7 Å². The molecule has 0 saturated heterocycles. The highest BCUT2D eigenvalue weighted by atomic mass is 32.2. The molecule has 0 spiro atoms. The molecule has 0 atom stereocenters. The second-order valence-corrected chi connectivity index (χ2v) is 7.12. The lowest BCUT2D eigenvalue weighted by Crippen LogP contribution is -2.02. The van der Waals surface area contributed by atoms with E-state index in [0.717, 1.165) is 32.2 Å². The molecule has 0 aliphatic heterocycles. The van der Waals surface area contributed by atoms with E-state index in [1.54, 1.807) is 11.8 Å². The van der Waals surface area contributed by atoms with E-state index in [1.165, 1.54) is 11.3 Å². The minimum atomic E-state index is -0.281. The quantitative estimate of drug-likeness (QED) is 0.535. The molecule has 0 aliphatic carbocycles. The lowest BCUT2D eigenvalue weighted by molar-refractivity contribution is 0.0534. The first kappa shape index (κ1) is 14.4. The molecule has 21 heavy (non-hydrogen) atoms. The Hall–Kier alpha value is -1.53. The minimum absolute atomic E-state index is 0.281. The number of thioether (sulfide) groups is 1. The van der Waals surface area contributed by atoms with Gasteiger partial charge in [-0.3, -0.25) is 4.40 Å². The zero-order chi connectivity index (χ0) is 15.0. The third-order valence-electron chi connectivity index (χ3n) is 3.18. The number of aryl methyl sites for hydroxylation is 1. The van der Waals surface area contributed by atoms with Crippen molar-refractivity contribution in [3.05, 3.63) is 28.8 Å². The molecular formula is C15H16N2O2S2. The molecule has 3 aromatic heterocycles. The van der Waals surface area contributed by atoms with Crippen molar-refractivity contribution < 1.29 is 9.53 Å². The van der Waals surface area contributed by atoms with E-state index in [2.05, 4.69) is 16.3 Å². The topological polar surface area (TPSA) is 43.6 Å². The predicted octanol–water partition coefficient (Wildman–Crippen LogP) is 4.15. The molecule has 110 valence electrons. The van der Waals surface area contributed by atoms with Gasteiger partial charge < -0.3 is 4.74 Å². The maximum Gasteiger partial charge on any atom is 0.350 e. The van der Waals surface area contributed by atoms with Crippen LogP contribution in [0.15, 0.2) is 22.5 Å². The molecule has 3 heterocycles. The van der Waals surface area contributed by atoms with Gasteiger partial charge in [-0.2, -0.15) is 0 Å². The first-order valence-corrected chi connectivity index (χ1v) is 8.67. The lowest BCUT2D eigenvalue weighted by Gasteiger charge is -1.99. The van der Waals surface area contributed by atoms with Crippen molar-refractivity contribution in [3.8, 4) is 0 Å².